The normalized spacial score (nSPS) is 25.9. The molecule has 2 nitrogen and oxygen atoms in total. The van der Waals surface area contributed by atoms with Crippen molar-refractivity contribution < 1.29 is 5.11 Å². The number of aliphatic hydroxyl groups is 1. The third-order valence-corrected chi connectivity index (χ3v) is 4.47. The highest BCUT2D eigenvalue weighted by Crippen LogP contribution is 2.26. The van der Waals surface area contributed by atoms with E-state index in [-0.39, 0.29) is 6.10 Å². The molecule has 2 rings (SSSR count). The predicted molar refractivity (Wildman–Crippen MR) is 78.5 cm³/mol. The van der Waals surface area contributed by atoms with Gasteiger partial charge in [-0.2, -0.15) is 0 Å². The molecule has 18 heavy (non-hydrogen) atoms. The van der Waals surface area contributed by atoms with E-state index in [4.69, 9.17) is 0 Å². The van der Waals surface area contributed by atoms with Crippen molar-refractivity contribution >= 4 is 15.9 Å². The smallest absolute Gasteiger partial charge is 0.0804 e. The van der Waals surface area contributed by atoms with Crippen molar-refractivity contribution in [3.8, 4) is 0 Å². The van der Waals surface area contributed by atoms with Crippen molar-refractivity contribution in [3.63, 3.8) is 0 Å². The summed E-state index contributed by atoms with van der Waals surface area (Å²) in [4.78, 5) is 0. The summed E-state index contributed by atoms with van der Waals surface area (Å²) in [6.45, 7) is 3.36. The van der Waals surface area contributed by atoms with E-state index in [1.807, 2.05) is 24.3 Å². The Hall–Kier alpha value is -0.380. The highest BCUT2D eigenvalue weighted by Gasteiger charge is 2.22. The minimum Gasteiger partial charge on any atom is -0.388 e. The molecule has 3 heteroatoms. The van der Waals surface area contributed by atoms with Gasteiger partial charge >= 0.3 is 0 Å². The molecule has 2 N–H and O–H groups in total. The molecule has 1 saturated heterocycles. The molecule has 0 amide bonds. The topological polar surface area (TPSA) is 32.3 Å². The minimum absolute atomic E-state index is 0.355. The predicted octanol–water partition coefficient (Wildman–Crippen LogP) is 3.65. The van der Waals surface area contributed by atoms with Gasteiger partial charge in [0, 0.05) is 10.5 Å². The lowest BCUT2D eigenvalue weighted by atomic mass is 9.87. The molecule has 0 aliphatic carbocycles. The van der Waals surface area contributed by atoms with Crippen molar-refractivity contribution in [2.24, 2.45) is 5.92 Å². The third-order valence-electron chi connectivity index (χ3n) is 3.94. The van der Waals surface area contributed by atoms with Crippen LogP contribution in [0.3, 0.4) is 0 Å². The highest BCUT2D eigenvalue weighted by molar-refractivity contribution is 9.10. The zero-order valence-corrected chi connectivity index (χ0v) is 12.5. The molecule has 1 aromatic carbocycles. The second-order valence-corrected chi connectivity index (χ2v) is 6.17. The molecule has 1 aromatic rings. The first kappa shape index (κ1) is 14.0. The Kier molecular flexibility index (Phi) is 5.22. The van der Waals surface area contributed by atoms with E-state index in [9.17, 15) is 5.11 Å². The van der Waals surface area contributed by atoms with E-state index in [1.165, 1.54) is 19.3 Å². The van der Waals surface area contributed by atoms with E-state index < -0.39 is 0 Å². The fraction of sp³-hybridized carbons (Fsp3) is 0.600. The molecule has 0 spiro atoms. The van der Waals surface area contributed by atoms with Gasteiger partial charge in [-0.25, -0.2) is 0 Å². The van der Waals surface area contributed by atoms with Gasteiger partial charge in [-0.1, -0.05) is 41.4 Å². The standard InChI is InChI=1S/C15H22BrNO/c1-2-11-7-8-17-14(9-11)10-15(18)12-3-5-13(16)6-4-12/h3-6,11,14-15,17-18H,2,7-10H2,1H3. The van der Waals surface area contributed by atoms with E-state index in [0.29, 0.717) is 6.04 Å². The van der Waals surface area contributed by atoms with Crippen LogP contribution in [-0.2, 0) is 0 Å². The Balaban J connectivity index is 1.90. The number of piperidine rings is 1. The number of halogens is 1. The minimum atomic E-state index is -0.355. The van der Waals surface area contributed by atoms with Crippen molar-refractivity contribution in [3.05, 3.63) is 34.3 Å². The van der Waals surface area contributed by atoms with Gasteiger partial charge in [0.05, 0.1) is 6.10 Å². The largest absolute Gasteiger partial charge is 0.388 e. The van der Waals surface area contributed by atoms with Crippen LogP contribution < -0.4 is 5.32 Å². The van der Waals surface area contributed by atoms with Gasteiger partial charge in [-0.05, 0) is 49.4 Å². The van der Waals surface area contributed by atoms with Crippen molar-refractivity contribution in [1.29, 1.82) is 0 Å². The zero-order chi connectivity index (χ0) is 13.0. The summed E-state index contributed by atoms with van der Waals surface area (Å²) in [5.74, 6) is 0.827. The Bertz CT molecular complexity index is 365. The first-order valence-corrected chi connectivity index (χ1v) is 7.65. The highest BCUT2D eigenvalue weighted by atomic mass is 79.9. The molecule has 1 aliphatic rings. The molecular weight excluding hydrogens is 290 g/mol. The maximum atomic E-state index is 10.3. The van der Waals surface area contributed by atoms with Crippen LogP contribution >= 0.6 is 15.9 Å². The van der Waals surface area contributed by atoms with Crippen LogP contribution in [0.25, 0.3) is 0 Å². The molecule has 1 aliphatic heterocycles. The van der Waals surface area contributed by atoms with E-state index in [1.54, 1.807) is 0 Å². The molecule has 0 saturated carbocycles. The second kappa shape index (κ2) is 6.69. The summed E-state index contributed by atoms with van der Waals surface area (Å²) >= 11 is 3.42. The number of aliphatic hydroxyl groups excluding tert-OH is 1. The Morgan fingerprint density at radius 1 is 1.39 bits per heavy atom. The molecule has 1 heterocycles. The maximum Gasteiger partial charge on any atom is 0.0804 e. The molecule has 3 unspecified atom stereocenters. The lowest BCUT2D eigenvalue weighted by Crippen LogP contribution is -2.38. The summed E-state index contributed by atoms with van der Waals surface area (Å²) in [5.41, 5.74) is 1.01. The first-order valence-electron chi connectivity index (χ1n) is 6.86. The summed E-state index contributed by atoms with van der Waals surface area (Å²) < 4.78 is 1.06. The molecule has 1 fully saturated rings. The van der Waals surface area contributed by atoms with Gasteiger partial charge in [0.2, 0.25) is 0 Å². The van der Waals surface area contributed by atoms with Crippen LogP contribution in [0.5, 0.6) is 0 Å². The van der Waals surface area contributed by atoms with Crippen LogP contribution in [0, 0.1) is 5.92 Å². The van der Waals surface area contributed by atoms with Crippen LogP contribution in [0.15, 0.2) is 28.7 Å². The lowest BCUT2D eigenvalue weighted by molar-refractivity contribution is 0.136. The SMILES string of the molecule is CCC1CCNC(CC(O)c2ccc(Br)cc2)C1. The summed E-state index contributed by atoms with van der Waals surface area (Å²) in [5, 5.41) is 13.8. The number of nitrogens with one attached hydrogen (secondary N) is 1. The number of hydrogen-bond acceptors (Lipinski definition) is 2. The van der Waals surface area contributed by atoms with Crippen LogP contribution in [-0.4, -0.2) is 17.7 Å². The average molecular weight is 312 g/mol. The van der Waals surface area contributed by atoms with Crippen molar-refractivity contribution in [2.45, 2.75) is 44.8 Å². The molecule has 3 atom stereocenters. The van der Waals surface area contributed by atoms with Gasteiger partial charge in [0.1, 0.15) is 0 Å². The fourth-order valence-electron chi connectivity index (χ4n) is 2.74. The molecule has 100 valence electrons. The van der Waals surface area contributed by atoms with Crippen LogP contribution in [0.1, 0.15) is 44.3 Å². The lowest BCUT2D eigenvalue weighted by Gasteiger charge is -2.31. The Morgan fingerprint density at radius 3 is 2.78 bits per heavy atom. The number of rotatable bonds is 4. The Labute approximate surface area is 118 Å². The van der Waals surface area contributed by atoms with Crippen molar-refractivity contribution in [2.75, 3.05) is 6.54 Å². The van der Waals surface area contributed by atoms with Gasteiger partial charge in [0.15, 0.2) is 0 Å². The van der Waals surface area contributed by atoms with Gasteiger partial charge in [0.25, 0.3) is 0 Å². The van der Waals surface area contributed by atoms with Gasteiger partial charge in [-0.3, -0.25) is 0 Å². The average Bonchev–Trinajstić information content (AvgIpc) is 2.39. The van der Waals surface area contributed by atoms with Crippen LogP contribution in [0.2, 0.25) is 0 Å². The monoisotopic (exact) mass is 311 g/mol. The summed E-state index contributed by atoms with van der Waals surface area (Å²) in [6.07, 6.45) is 4.20. The molecule has 0 bridgehead atoms. The zero-order valence-electron chi connectivity index (χ0n) is 10.9. The summed E-state index contributed by atoms with van der Waals surface area (Å²) in [6, 6.07) is 8.43. The molecule has 0 radical (unpaired) electrons. The molecular formula is C15H22BrNO. The van der Waals surface area contributed by atoms with Crippen LogP contribution in [0.4, 0.5) is 0 Å². The number of benzene rings is 1. The quantitative estimate of drug-likeness (QED) is 0.889. The first-order chi connectivity index (χ1) is 8.69. The van der Waals surface area contributed by atoms with Gasteiger partial charge in [-0.15, -0.1) is 0 Å². The fourth-order valence-corrected chi connectivity index (χ4v) is 3.00. The number of hydrogen-bond donors (Lipinski definition) is 2. The van der Waals surface area contributed by atoms with Crippen molar-refractivity contribution in [1.82, 2.24) is 5.32 Å². The third kappa shape index (κ3) is 3.81. The maximum absolute atomic E-state index is 10.3. The molecule has 0 aromatic heterocycles. The summed E-state index contributed by atoms with van der Waals surface area (Å²) in [7, 11) is 0. The van der Waals surface area contributed by atoms with E-state index in [2.05, 4.69) is 28.2 Å². The van der Waals surface area contributed by atoms with E-state index >= 15 is 0 Å². The van der Waals surface area contributed by atoms with E-state index in [0.717, 1.165) is 28.9 Å². The second-order valence-electron chi connectivity index (χ2n) is 5.25. The van der Waals surface area contributed by atoms with Gasteiger partial charge < -0.3 is 10.4 Å². The Morgan fingerprint density at radius 2 is 2.11 bits per heavy atom.